The highest BCUT2D eigenvalue weighted by Crippen LogP contribution is 2.21. The number of unbranched alkanes of at least 4 members (excludes halogenated alkanes) is 4. The van der Waals surface area contributed by atoms with Gasteiger partial charge in [-0.3, -0.25) is 0 Å². The molecule has 1 aromatic heterocycles. The van der Waals surface area contributed by atoms with Gasteiger partial charge in [-0.15, -0.1) is 0 Å². The standard InChI is InChI=1S/C16H30N2S2/c1-3-5-7-11-19-14-16(20-12-8-6-4-2)13-18-10-9-17-15-18/h9-10,15-16H,3-8,11-14H2,1-2H3. The van der Waals surface area contributed by atoms with E-state index in [9.17, 15) is 0 Å². The highest BCUT2D eigenvalue weighted by Gasteiger charge is 2.10. The van der Waals surface area contributed by atoms with Crippen LogP contribution in [0.25, 0.3) is 0 Å². The fraction of sp³-hybridized carbons (Fsp3) is 0.812. The largest absolute Gasteiger partial charge is 0.336 e. The van der Waals surface area contributed by atoms with Crippen LogP contribution in [-0.2, 0) is 6.54 Å². The van der Waals surface area contributed by atoms with E-state index in [1.165, 1.54) is 55.8 Å². The smallest absolute Gasteiger partial charge is 0.0946 e. The quantitative estimate of drug-likeness (QED) is 0.472. The molecule has 4 heteroatoms. The zero-order chi connectivity index (χ0) is 14.5. The molecule has 116 valence electrons. The second-order valence-electron chi connectivity index (χ2n) is 5.24. The molecular weight excluding hydrogens is 284 g/mol. The van der Waals surface area contributed by atoms with E-state index in [2.05, 4.69) is 53.1 Å². The third-order valence-corrected chi connectivity index (χ3v) is 6.01. The van der Waals surface area contributed by atoms with E-state index in [-0.39, 0.29) is 0 Å². The molecule has 0 saturated heterocycles. The van der Waals surface area contributed by atoms with Gasteiger partial charge in [-0.25, -0.2) is 4.98 Å². The van der Waals surface area contributed by atoms with Crippen molar-refractivity contribution in [1.29, 1.82) is 0 Å². The van der Waals surface area contributed by atoms with Crippen molar-refractivity contribution in [2.75, 3.05) is 17.3 Å². The molecule has 1 atom stereocenters. The Labute approximate surface area is 133 Å². The Balaban J connectivity index is 2.22. The average Bonchev–Trinajstić information content (AvgIpc) is 2.96. The fourth-order valence-corrected chi connectivity index (χ4v) is 4.65. The van der Waals surface area contributed by atoms with Crippen LogP contribution >= 0.6 is 23.5 Å². The van der Waals surface area contributed by atoms with E-state index in [4.69, 9.17) is 0 Å². The van der Waals surface area contributed by atoms with Gasteiger partial charge in [0.1, 0.15) is 0 Å². The zero-order valence-electron chi connectivity index (χ0n) is 13.1. The van der Waals surface area contributed by atoms with Crippen LogP contribution in [-0.4, -0.2) is 32.1 Å². The van der Waals surface area contributed by atoms with Crippen molar-refractivity contribution in [1.82, 2.24) is 9.55 Å². The second-order valence-corrected chi connectivity index (χ2v) is 7.80. The third-order valence-electron chi connectivity index (χ3n) is 3.27. The van der Waals surface area contributed by atoms with E-state index < -0.39 is 0 Å². The molecule has 0 amide bonds. The van der Waals surface area contributed by atoms with Gasteiger partial charge < -0.3 is 4.57 Å². The first-order chi connectivity index (χ1) is 9.86. The molecule has 2 nitrogen and oxygen atoms in total. The van der Waals surface area contributed by atoms with Crippen LogP contribution in [0.4, 0.5) is 0 Å². The maximum atomic E-state index is 4.15. The van der Waals surface area contributed by atoms with E-state index in [1.807, 2.05) is 12.5 Å². The predicted octanol–water partition coefficient (Wildman–Crippen LogP) is 5.10. The van der Waals surface area contributed by atoms with E-state index in [0.29, 0.717) is 0 Å². The summed E-state index contributed by atoms with van der Waals surface area (Å²) in [4.78, 5) is 4.15. The Morgan fingerprint density at radius 2 is 1.80 bits per heavy atom. The van der Waals surface area contributed by atoms with Gasteiger partial charge in [0.25, 0.3) is 0 Å². The molecule has 0 saturated carbocycles. The zero-order valence-corrected chi connectivity index (χ0v) is 14.7. The van der Waals surface area contributed by atoms with Crippen LogP contribution in [0, 0.1) is 0 Å². The van der Waals surface area contributed by atoms with Crippen molar-refractivity contribution >= 4 is 23.5 Å². The highest BCUT2D eigenvalue weighted by atomic mass is 32.2. The molecule has 0 radical (unpaired) electrons. The highest BCUT2D eigenvalue weighted by molar-refractivity contribution is 8.03. The number of hydrogen-bond acceptors (Lipinski definition) is 3. The predicted molar refractivity (Wildman–Crippen MR) is 94.8 cm³/mol. The van der Waals surface area contributed by atoms with Gasteiger partial charge in [-0.2, -0.15) is 23.5 Å². The Kier molecular flexibility index (Phi) is 11.3. The molecule has 0 aromatic carbocycles. The van der Waals surface area contributed by atoms with E-state index >= 15 is 0 Å². The summed E-state index contributed by atoms with van der Waals surface area (Å²) in [6.07, 6.45) is 14.0. The lowest BCUT2D eigenvalue weighted by Crippen LogP contribution is -2.16. The maximum Gasteiger partial charge on any atom is 0.0946 e. The van der Waals surface area contributed by atoms with Crippen molar-refractivity contribution in [3.05, 3.63) is 18.7 Å². The van der Waals surface area contributed by atoms with Crippen LogP contribution in [0.5, 0.6) is 0 Å². The summed E-state index contributed by atoms with van der Waals surface area (Å²) in [5, 5.41) is 0.729. The van der Waals surface area contributed by atoms with Crippen molar-refractivity contribution in [2.24, 2.45) is 0 Å². The molecule has 0 aliphatic heterocycles. The number of rotatable bonds is 13. The van der Waals surface area contributed by atoms with Gasteiger partial charge in [-0.05, 0) is 24.3 Å². The first-order valence-electron chi connectivity index (χ1n) is 8.01. The number of nitrogens with zero attached hydrogens (tertiary/aromatic N) is 2. The lowest BCUT2D eigenvalue weighted by atomic mass is 10.3. The molecule has 1 unspecified atom stereocenters. The summed E-state index contributed by atoms with van der Waals surface area (Å²) in [6, 6.07) is 0. The average molecular weight is 315 g/mol. The summed E-state index contributed by atoms with van der Waals surface area (Å²) in [7, 11) is 0. The Morgan fingerprint density at radius 1 is 1.05 bits per heavy atom. The molecule has 0 bridgehead atoms. The number of aromatic nitrogens is 2. The fourth-order valence-electron chi connectivity index (χ4n) is 2.05. The first-order valence-corrected chi connectivity index (χ1v) is 10.2. The van der Waals surface area contributed by atoms with Gasteiger partial charge in [0.15, 0.2) is 0 Å². The van der Waals surface area contributed by atoms with Gasteiger partial charge in [0, 0.05) is 29.9 Å². The second kappa shape index (κ2) is 12.6. The molecule has 0 aliphatic rings. The van der Waals surface area contributed by atoms with Crippen LogP contribution in [0.3, 0.4) is 0 Å². The van der Waals surface area contributed by atoms with Crippen molar-refractivity contribution in [3.8, 4) is 0 Å². The third kappa shape index (κ3) is 8.96. The van der Waals surface area contributed by atoms with Crippen molar-refractivity contribution < 1.29 is 0 Å². The SMILES string of the molecule is CCCCCSCC(Cn1ccnc1)SCCCCC. The number of hydrogen-bond donors (Lipinski definition) is 0. The van der Waals surface area contributed by atoms with Gasteiger partial charge in [0.2, 0.25) is 0 Å². The van der Waals surface area contributed by atoms with Gasteiger partial charge in [-0.1, -0.05) is 39.5 Å². The minimum Gasteiger partial charge on any atom is -0.336 e. The number of thioether (sulfide) groups is 2. The van der Waals surface area contributed by atoms with Crippen molar-refractivity contribution in [3.63, 3.8) is 0 Å². The Hall–Kier alpha value is -0.0900. The minimum atomic E-state index is 0.729. The summed E-state index contributed by atoms with van der Waals surface area (Å²) >= 11 is 4.29. The molecular formula is C16H30N2S2. The monoisotopic (exact) mass is 314 g/mol. The van der Waals surface area contributed by atoms with Crippen LogP contribution in [0.1, 0.15) is 52.4 Å². The Bertz CT molecular complexity index is 301. The molecule has 1 rings (SSSR count). The molecule has 1 aromatic rings. The van der Waals surface area contributed by atoms with Crippen LogP contribution in [0.2, 0.25) is 0 Å². The van der Waals surface area contributed by atoms with Crippen molar-refractivity contribution in [2.45, 2.75) is 64.2 Å². The summed E-state index contributed by atoms with van der Waals surface area (Å²) in [5.41, 5.74) is 0. The molecule has 1 heterocycles. The molecule has 0 fully saturated rings. The van der Waals surface area contributed by atoms with Gasteiger partial charge >= 0.3 is 0 Å². The summed E-state index contributed by atoms with van der Waals surface area (Å²) < 4.78 is 2.23. The topological polar surface area (TPSA) is 17.8 Å². The molecule has 20 heavy (non-hydrogen) atoms. The molecule has 0 aliphatic carbocycles. The first kappa shape index (κ1) is 18.0. The summed E-state index contributed by atoms with van der Waals surface area (Å²) in [6.45, 7) is 5.66. The van der Waals surface area contributed by atoms with Gasteiger partial charge in [0.05, 0.1) is 6.33 Å². The normalized spacial score (nSPS) is 12.7. The Morgan fingerprint density at radius 3 is 2.45 bits per heavy atom. The van der Waals surface area contributed by atoms with Crippen LogP contribution in [0.15, 0.2) is 18.7 Å². The molecule has 0 spiro atoms. The lowest BCUT2D eigenvalue weighted by molar-refractivity contribution is 0.693. The minimum absolute atomic E-state index is 0.729. The van der Waals surface area contributed by atoms with E-state index in [0.717, 1.165) is 11.8 Å². The lowest BCUT2D eigenvalue weighted by Gasteiger charge is -2.17. The van der Waals surface area contributed by atoms with E-state index in [1.54, 1.807) is 0 Å². The molecule has 0 N–H and O–H groups in total. The number of imidazole rings is 1. The summed E-state index contributed by atoms with van der Waals surface area (Å²) in [5.74, 6) is 3.91. The van der Waals surface area contributed by atoms with Crippen LogP contribution < -0.4 is 0 Å². The maximum absolute atomic E-state index is 4.15.